The van der Waals surface area contributed by atoms with Crippen molar-refractivity contribution in [3.63, 3.8) is 0 Å². The normalized spacial score (nSPS) is 9.43. The molecule has 1 aromatic rings. The molecule has 0 saturated heterocycles. The predicted octanol–water partition coefficient (Wildman–Crippen LogP) is 0.857. The molecule has 0 unspecified atom stereocenters. The molecule has 0 bridgehead atoms. The van der Waals surface area contributed by atoms with E-state index in [1.165, 1.54) is 0 Å². The van der Waals surface area contributed by atoms with Crippen LogP contribution in [-0.2, 0) is 0 Å². The lowest BCUT2D eigenvalue weighted by molar-refractivity contribution is 0.619. The second kappa shape index (κ2) is 1.33. The number of aromatic amines is 1. The first-order chi connectivity index (χ1) is 3.30. The van der Waals surface area contributed by atoms with Crippen LogP contribution in [0, 0.1) is 12.7 Å². The molecule has 38 valence electrons. The highest BCUT2D eigenvalue weighted by Crippen LogP contribution is 1.95. The van der Waals surface area contributed by atoms with E-state index < -0.39 is 0 Å². The van der Waals surface area contributed by atoms with Crippen LogP contribution in [0.25, 0.3) is 0 Å². The molecule has 0 aromatic carbocycles. The van der Waals surface area contributed by atoms with Crippen molar-refractivity contribution in [2.24, 2.45) is 0 Å². The van der Waals surface area contributed by atoms with Gasteiger partial charge in [-0.15, -0.1) is 0 Å². The van der Waals surface area contributed by atoms with Crippen LogP contribution in [0.15, 0.2) is 6.20 Å². The molecule has 2 nitrogen and oxygen atoms in total. The van der Waals surface area contributed by atoms with Gasteiger partial charge in [-0.05, 0) is 6.92 Å². The van der Waals surface area contributed by atoms with Gasteiger partial charge in [-0.1, -0.05) is 0 Å². The fourth-order valence-electron chi connectivity index (χ4n) is 0.336. The Labute approximate surface area is 40.4 Å². The maximum absolute atomic E-state index is 12.0. The van der Waals surface area contributed by atoms with Gasteiger partial charge in [0.15, 0.2) is 5.82 Å². The zero-order valence-electron chi connectivity index (χ0n) is 3.90. The van der Waals surface area contributed by atoms with Crippen LogP contribution in [0.2, 0.25) is 0 Å². The molecular formula is C4H5FN2. The third-order valence-electron chi connectivity index (χ3n) is 0.768. The number of aryl methyl sites for hydroxylation is 1. The van der Waals surface area contributed by atoms with Crippen molar-refractivity contribution in [2.75, 3.05) is 0 Å². The zero-order chi connectivity index (χ0) is 5.28. The highest BCUT2D eigenvalue weighted by molar-refractivity contribution is 4.97. The molecule has 0 aliphatic carbocycles. The molecule has 0 radical (unpaired) electrons. The van der Waals surface area contributed by atoms with Gasteiger partial charge in [-0.3, -0.25) is 5.10 Å². The summed E-state index contributed by atoms with van der Waals surface area (Å²) in [5, 5.41) is 5.86. The minimum absolute atomic E-state index is 0.278. The topological polar surface area (TPSA) is 28.7 Å². The monoisotopic (exact) mass is 100 g/mol. The smallest absolute Gasteiger partial charge is 0.163 e. The van der Waals surface area contributed by atoms with E-state index in [0.29, 0.717) is 5.69 Å². The fraction of sp³-hybridized carbons (Fsp3) is 0.250. The third-order valence-corrected chi connectivity index (χ3v) is 0.768. The number of aromatic nitrogens is 2. The predicted molar refractivity (Wildman–Crippen MR) is 23.3 cm³/mol. The number of nitrogens with one attached hydrogen (secondary N) is 1. The van der Waals surface area contributed by atoms with Gasteiger partial charge in [-0.25, -0.2) is 4.39 Å². The molecule has 1 heterocycles. The molecule has 0 atom stereocenters. The summed E-state index contributed by atoms with van der Waals surface area (Å²) in [6, 6.07) is 0. The Morgan fingerprint density at radius 2 is 2.57 bits per heavy atom. The summed E-state index contributed by atoms with van der Waals surface area (Å²) in [5.74, 6) is -0.278. The number of halogens is 1. The Kier molecular flexibility index (Phi) is 0.817. The first-order valence-electron chi connectivity index (χ1n) is 1.96. The fourth-order valence-corrected chi connectivity index (χ4v) is 0.336. The van der Waals surface area contributed by atoms with Crippen LogP contribution in [0.1, 0.15) is 5.69 Å². The molecule has 3 heteroatoms. The molecule has 0 fully saturated rings. The number of rotatable bonds is 0. The molecule has 0 spiro atoms. The highest BCUT2D eigenvalue weighted by Gasteiger charge is 1.92. The molecular weight excluding hydrogens is 95.1 g/mol. The van der Waals surface area contributed by atoms with E-state index >= 15 is 0 Å². The van der Waals surface area contributed by atoms with Crippen molar-refractivity contribution < 1.29 is 4.39 Å². The van der Waals surface area contributed by atoms with Crippen molar-refractivity contribution in [1.82, 2.24) is 10.2 Å². The van der Waals surface area contributed by atoms with Crippen molar-refractivity contribution in [3.05, 3.63) is 17.7 Å². The van der Waals surface area contributed by atoms with Crippen molar-refractivity contribution in [3.8, 4) is 0 Å². The van der Waals surface area contributed by atoms with E-state index in [4.69, 9.17) is 0 Å². The van der Waals surface area contributed by atoms with E-state index in [1.54, 1.807) is 6.92 Å². The number of hydrogen-bond donors (Lipinski definition) is 1. The lowest BCUT2D eigenvalue weighted by atomic mass is 10.5. The number of H-pyrrole nitrogens is 1. The maximum Gasteiger partial charge on any atom is 0.163 e. The number of nitrogens with zero attached hydrogens (tertiary/aromatic N) is 1. The second-order valence-electron chi connectivity index (χ2n) is 1.34. The Balaban J connectivity index is 3.12. The van der Waals surface area contributed by atoms with Gasteiger partial charge >= 0.3 is 0 Å². The molecule has 0 saturated carbocycles. The Morgan fingerprint density at radius 3 is 2.71 bits per heavy atom. The molecule has 0 amide bonds. The largest absolute Gasteiger partial charge is 0.280 e. The third kappa shape index (κ3) is 0.607. The van der Waals surface area contributed by atoms with Crippen molar-refractivity contribution >= 4 is 0 Å². The summed E-state index contributed by atoms with van der Waals surface area (Å²) in [6.45, 7) is 1.63. The van der Waals surface area contributed by atoms with Gasteiger partial charge in [0.1, 0.15) is 0 Å². The highest BCUT2D eigenvalue weighted by atomic mass is 19.1. The Bertz CT molecular complexity index is 142. The molecule has 0 aliphatic heterocycles. The van der Waals surface area contributed by atoms with Crippen LogP contribution in [0.5, 0.6) is 0 Å². The van der Waals surface area contributed by atoms with E-state index in [0.717, 1.165) is 6.20 Å². The summed E-state index contributed by atoms with van der Waals surface area (Å²) in [4.78, 5) is 0. The SMILES string of the molecule is Cc1[nH]ncc1F. The van der Waals surface area contributed by atoms with Crippen molar-refractivity contribution in [1.29, 1.82) is 0 Å². The van der Waals surface area contributed by atoms with Crippen LogP contribution >= 0.6 is 0 Å². The van der Waals surface area contributed by atoms with E-state index in [9.17, 15) is 4.39 Å². The Morgan fingerprint density at radius 1 is 1.86 bits per heavy atom. The molecule has 1 aromatic heterocycles. The summed E-state index contributed by atoms with van der Waals surface area (Å²) >= 11 is 0. The average molecular weight is 100 g/mol. The van der Waals surface area contributed by atoms with E-state index in [1.807, 2.05) is 0 Å². The quantitative estimate of drug-likeness (QED) is 0.514. The standard InChI is InChI=1S/C4H5FN2/c1-3-4(5)2-6-7-3/h2H,1H3,(H,6,7). The second-order valence-corrected chi connectivity index (χ2v) is 1.34. The minimum atomic E-state index is -0.278. The molecule has 1 rings (SSSR count). The molecule has 1 N–H and O–H groups in total. The van der Waals surface area contributed by atoms with Gasteiger partial charge < -0.3 is 0 Å². The lowest BCUT2D eigenvalue weighted by Crippen LogP contribution is -1.71. The minimum Gasteiger partial charge on any atom is -0.280 e. The first-order valence-corrected chi connectivity index (χ1v) is 1.96. The van der Waals surface area contributed by atoms with Crippen LogP contribution < -0.4 is 0 Å². The van der Waals surface area contributed by atoms with Crippen LogP contribution in [-0.4, -0.2) is 10.2 Å². The summed E-state index contributed by atoms with van der Waals surface area (Å²) in [7, 11) is 0. The van der Waals surface area contributed by atoms with Gasteiger partial charge in [0, 0.05) is 0 Å². The number of hydrogen-bond acceptors (Lipinski definition) is 1. The average Bonchev–Trinajstić information content (AvgIpc) is 1.91. The van der Waals surface area contributed by atoms with Crippen LogP contribution in [0.3, 0.4) is 0 Å². The van der Waals surface area contributed by atoms with Crippen LogP contribution in [0.4, 0.5) is 4.39 Å². The Hall–Kier alpha value is -0.860. The zero-order valence-corrected chi connectivity index (χ0v) is 3.90. The summed E-state index contributed by atoms with van der Waals surface area (Å²) < 4.78 is 12.0. The van der Waals surface area contributed by atoms with Gasteiger partial charge in [0.2, 0.25) is 0 Å². The van der Waals surface area contributed by atoms with Gasteiger partial charge in [-0.2, -0.15) is 5.10 Å². The van der Waals surface area contributed by atoms with Gasteiger partial charge in [0.25, 0.3) is 0 Å². The van der Waals surface area contributed by atoms with Crippen molar-refractivity contribution in [2.45, 2.75) is 6.92 Å². The van der Waals surface area contributed by atoms with E-state index in [2.05, 4.69) is 10.2 Å². The summed E-state index contributed by atoms with van der Waals surface area (Å²) in [6.07, 6.45) is 1.15. The van der Waals surface area contributed by atoms with E-state index in [-0.39, 0.29) is 5.82 Å². The first kappa shape index (κ1) is 4.30. The molecule has 7 heavy (non-hydrogen) atoms. The van der Waals surface area contributed by atoms with Gasteiger partial charge in [0.05, 0.1) is 11.9 Å². The summed E-state index contributed by atoms with van der Waals surface area (Å²) in [5.41, 5.74) is 0.486. The molecule has 0 aliphatic rings. The maximum atomic E-state index is 12.0. The lowest BCUT2D eigenvalue weighted by Gasteiger charge is -1.74.